The van der Waals surface area contributed by atoms with Gasteiger partial charge in [-0.05, 0) is 77.6 Å². The first-order chi connectivity index (χ1) is 21.7. The molecule has 3 aromatic heterocycles. The quantitative estimate of drug-likeness (QED) is 0.189. The van der Waals surface area contributed by atoms with Gasteiger partial charge in [0, 0.05) is 36.3 Å². The molecule has 0 amide bonds. The van der Waals surface area contributed by atoms with Crippen molar-refractivity contribution in [1.29, 1.82) is 0 Å². The first kappa shape index (κ1) is 25.3. The highest BCUT2D eigenvalue weighted by molar-refractivity contribution is 7.26. The van der Waals surface area contributed by atoms with Crippen LogP contribution in [0.1, 0.15) is 16.7 Å². The van der Waals surface area contributed by atoms with Gasteiger partial charge in [-0.25, -0.2) is 4.98 Å². The fourth-order valence-corrected chi connectivity index (χ4v) is 8.18. The van der Waals surface area contributed by atoms with Gasteiger partial charge in [-0.2, -0.15) is 0 Å². The maximum Gasteiger partial charge on any atom is 0.138 e. The van der Waals surface area contributed by atoms with E-state index < -0.39 is 0 Å². The molecule has 0 unspecified atom stereocenters. The zero-order valence-electron chi connectivity index (χ0n) is 24.3. The summed E-state index contributed by atoms with van der Waals surface area (Å²) < 4.78 is 5.13. The van der Waals surface area contributed by atoms with Gasteiger partial charge in [0.25, 0.3) is 0 Å². The van der Waals surface area contributed by atoms with Gasteiger partial charge in [-0.15, -0.1) is 11.3 Å². The second kappa shape index (κ2) is 9.90. The van der Waals surface area contributed by atoms with E-state index in [-0.39, 0.29) is 0 Å². The highest BCUT2D eigenvalue weighted by Gasteiger charge is 2.24. The zero-order valence-corrected chi connectivity index (χ0v) is 25.1. The topological polar surface area (TPSA) is 17.8 Å². The molecule has 44 heavy (non-hydrogen) atoms. The molecule has 0 saturated carbocycles. The van der Waals surface area contributed by atoms with Gasteiger partial charge in [-0.3, -0.25) is 4.57 Å². The highest BCUT2D eigenvalue weighted by atomic mass is 32.1. The van der Waals surface area contributed by atoms with Gasteiger partial charge < -0.3 is 0 Å². The third-order valence-electron chi connectivity index (χ3n) is 9.03. The molecule has 0 fully saturated rings. The second-order valence-corrected chi connectivity index (χ2v) is 12.6. The Morgan fingerprint density at radius 1 is 0.591 bits per heavy atom. The van der Waals surface area contributed by atoms with Crippen molar-refractivity contribution < 1.29 is 0 Å². The maximum absolute atomic E-state index is 5.01. The lowest BCUT2D eigenvalue weighted by Crippen LogP contribution is -1.97. The largest absolute Gasteiger partial charge is 0.294 e. The van der Waals surface area contributed by atoms with Crippen LogP contribution in [0.25, 0.3) is 69.8 Å². The summed E-state index contributed by atoms with van der Waals surface area (Å²) in [5.74, 6) is 0.968. The normalized spacial score (nSPS) is 12.1. The lowest BCUT2D eigenvalue weighted by Gasteiger charge is -2.09. The van der Waals surface area contributed by atoms with Crippen molar-refractivity contribution in [1.82, 2.24) is 9.55 Å². The Balaban J connectivity index is 0.000000161. The number of nitrogens with zero attached hydrogens (tertiary/aromatic N) is 2. The third kappa shape index (κ3) is 3.83. The van der Waals surface area contributed by atoms with Gasteiger partial charge in [-0.1, -0.05) is 103 Å². The smallest absolute Gasteiger partial charge is 0.138 e. The molecule has 3 heterocycles. The summed E-state index contributed by atoms with van der Waals surface area (Å²) in [6, 6.07) is 49.8. The van der Waals surface area contributed by atoms with Crippen molar-refractivity contribution in [3.63, 3.8) is 0 Å². The molecule has 208 valence electrons. The van der Waals surface area contributed by atoms with E-state index >= 15 is 0 Å². The van der Waals surface area contributed by atoms with E-state index in [1.807, 2.05) is 11.3 Å². The molecule has 0 spiro atoms. The summed E-state index contributed by atoms with van der Waals surface area (Å²) >= 11 is 1.89. The number of hydrogen-bond donors (Lipinski definition) is 0. The minimum atomic E-state index is 0.968. The molecule has 9 aromatic rings. The van der Waals surface area contributed by atoms with Crippen molar-refractivity contribution in [3.8, 4) is 16.9 Å². The number of aryl methyl sites for hydroxylation is 1. The first-order valence-electron chi connectivity index (χ1n) is 15.1. The van der Waals surface area contributed by atoms with E-state index in [0.29, 0.717) is 0 Å². The molecule has 0 bridgehead atoms. The summed E-state index contributed by atoms with van der Waals surface area (Å²) in [7, 11) is 0. The van der Waals surface area contributed by atoms with Crippen molar-refractivity contribution in [2.75, 3.05) is 0 Å². The molecule has 0 saturated heterocycles. The van der Waals surface area contributed by atoms with E-state index in [9.17, 15) is 0 Å². The number of thiophene rings is 1. The summed E-state index contributed by atoms with van der Waals surface area (Å²) in [5.41, 5.74) is 10.4. The molecule has 0 N–H and O–H groups in total. The van der Waals surface area contributed by atoms with Gasteiger partial charge >= 0.3 is 0 Å². The number of hydrogen-bond acceptors (Lipinski definition) is 2. The van der Waals surface area contributed by atoms with Gasteiger partial charge in [0.2, 0.25) is 0 Å². The van der Waals surface area contributed by atoms with Crippen molar-refractivity contribution in [2.45, 2.75) is 13.3 Å². The highest BCUT2D eigenvalue weighted by Crippen LogP contribution is 2.44. The van der Waals surface area contributed by atoms with E-state index in [1.54, 1.807) is 0 Å². The molecule has 0 radical (unpaired) electrons. The molecule has 0 atom stereocenters. The molecule has 1 aliphatic rings. The van der Waals surface area contributed by atoms with Crippen LogP contribution in [0.15, 0.2) is 140 Å². The Bertz CT molecular complexity index is 2550. The van der Waals surface area contributed by atoms with Crippen LogP contribution in [0.4, 0.5) is 0 Å². The molecule has 2 nitrogen and oxygen atoms in total. The fourth-order valence-electron chi connectivity index (χ4n) is 7.01. The maximum atomic E-state index is 5.01. The Kier molecular flexibility index (Phi) is 5.69. The number of para-hydroxylation sites is 2. The van der Waals surface area contributed by atoms with Crippen molar-refractivity contribution in [2.24, 2.45) is 0 Å². The zero-order chi connectivity index (χ0) is 29.2. The van der Waals surface area contributed by atoms with E-state index in [0.717, 1.165) is 17.8 Å². The first-order valence-corrected chi connectivity index (χ1v) is 15.9. The predicted molar refractivity (Wildman–Crippen MR) is 188 cm³/mol. The van der Waals surface area contributed by atoms with Crippen LogP contribution in [0.2, 0.25) is 0 Å². The van der Waals surface area contributed by atoms with Gasteiger partial charge in [0.05, 0.1) is 16.6 Å². The lowest BCUT2D eigenvalue weighted by molar-refractivity contribution is 1.10. The monoisotopic (exact) mass is 580 g/mol. The second-order valence-electron chi connectivity index (χ2n) is 11.6. The summed E-state index contributed by atoms with van der Waals surface area (Å²) in [4.78, 5) is 5.01. The van der Waals surface area contributed by atoms with Crippen LogP contribution in [0, 0.1) is 6.92 Å². The predicted octanol–water partition coefficient (Wildman–Crippen LogP) is 11.3. The molecular weight excluding hydrogens is 553 g/mol. The Morgan fingerprint density at radius 2 is 1.36 bits per heavy atom. The minimum Gasteiger partial charge on any atom is -0.294 e. The Labute approximate surface area is 259 Å². The summed E-state index contributed by atoms with van der Waals surface area (Å²) in [6.07, 6.45) is 0.988. The molecule has 3 heteroatoms. The van der Waals surface area contributed by atoms with E-state index in [4.69, 9.17) is 4.98 Å². The average molecular weight is 581 g/mol. The molecule has 10 rings (SSSR count). The lowest BCUT2D eigenvalue weighted by atomic mass is 10.0. The molecule has 1 aliphatic carbocycles. The van der Waals surface area contributed by atoms with Crippen LogP contribution in [0.5, 0.6) is 0 Å². The van der Waals surface area contributed by atoms with Gasteiger partial charge in [0.15, 0.2) is 0 Å². The number of pyridine rings is 1. The molecular formula is C41H28N2S. The van der Waals surface area contributed by atoms with E-state index in [2.05, 4.69) is 151 Å². The Hall–Kier alpha value is -5.25. The molecule has 6 aromatic carbocycles. The fraction of sp³-hybridized carbons (Fsp3) is 0.0488. The standard InChI is InChI=1S/C28H18N2.C13H10S/c1-3-9-20-19(8-1)17-23-21(20)14-15-26-28(23)22-10-4-6-12-25(22)30(26)27-16-13-18-7-2-5-11-24(18)29-27;1-9-5-4-7-11-10-6-2-3-8-12(10)14-13(9)11/h1-16H,17H2;2-8H,1H3. The minimum absolute atomic E-state index is 0.968. The average Bonchev–Trinajstić information content (AvgIpc) is 3.75. The third-order valence-corrected chi connectivity index (χ3v) is 10.4. The summed E-state index contributed by atoms with van der Waals surface area (Å²) in [5, 5.41) is 6.60. The van der Waals surface area contributed by atoms with E-state index in [1.165, 1.54) is 75.2 Å². The SMILES string of the molecule is Cc1cccc2c1sc1ccccc12.c1ccc2c(c1)Cc1c-2ccc2c1c1ccccc1n2-c1ccc2ccccc2n1. The van der Waals surface area contributed by atoms with Crippen LogP contribution in [-0.4, -0.2) is 9.55 Å². The number of aromatic nitrogens is 2. The number of benzene rings is 6. The van der Waals surface area contributed by atoms with Crippen molar-refractivity contribution >= 4 is 64.2 Å². The van der Waals surface area contributed by atoms with Crippen LogP contribution in [0.3, 0.4) is 0 Å². The van der Waals surface area contributed by atoms with Crippen molar-refractivity contribution in [3.05, 3.63) is 156 Å². The molecule has 0 aliphatic heterocycles. The number of rotatable bonds is 1. The number of fused-ring (bicyclic) bond motifs is 11. The van der Waals surface area contributed by atoms with Crippen LogP contribution >= 0.6 is 11.3 Å². The van der Waals surface area contributed by atoms with Crippen LogP contribution < -0.4 is 0 Å². The van der Waals surface area contributed by atoms with Gasteiger partial charge in [0.1, 0.15) is 5.82 Å². The summed E-state index contributed by atoms with van der Waals surface area (Å²) in [6.45, 7) is 2.18. The Morgan fingerprint density at radius 3 is 2.32 bits per heavy atom. The van der Waals surface area contributed by atoms with Crippen LogP contribution in [-0.2, 0) is 6.42 Å².